The lowest BCUT2D eigenvalue weighted by atomic mass is 9.69. The average molecular weight is 307 g/mol. The Bertz CT molecular complexity index is 889. The summed E-state index contributed by atoms with van der Waals surface area (Å²) in [4.78, 5) is 3.49. The summed E-state index contributed by atoms with van der Waals surface area (Å²) in [6.45, 7) is 0. The van der Waals surface area contributed by atoms with E-state index in [9.17, 15) is 5.26 Å². The Kier molecular flexibility index (Phi) is 2.99. The van der Waals surface area contributed by atoms with Crippen LogP contribution in [0.4, 0.5) is 0 Å². The number of nitrogens with one attached hydrogen (secondary N) is 1. The first kappa shape index (κ1) is 13.4. The molecule has 0 fully saturated rings. The minimum absolute atomic E-state index is 0.439. The van der Waals surface area contributed by atoms with Gasteiger partial charge in [0.25, 0.3) is 0 Å². The van der Waals surface area contributed by atoms with Crippen molar-refractivity contribution in [2.45, 2.75) is 24.7 Å². The molecule has 2 aromatic carbocycles. The molecule has 0 radical (unpaired) electrons. The molecule has 4 rings (SSSR count). The van der Waals surface area contributed by atoms with Gasteiger partial charge in [0, 0.05) is 21.6 Å². The van der Waals surface area contributed by atoms with Gasteiger partial charge in [-0.25, -0.2) is 0 Å². The number of benzene rings is 2. The molecule has 108 valence electrons. The van der Waals surface area contributed by atoms with Crippen LogP contribution >= 0.6 is 11.6 Å². The highest BCUT2D eigenvalue weighted by Gasteiger charge is 2.37. The Morgan fingerprint density at radius 1 is 1.14 bits per heavy atom. The average Bonchev–Trinajstić information content (AvgIpc) is 2.92. The molecule has 0 bridgehead atoms. The molecule has 1 aliphatic carbocycles. The number of nitriles is 1. The van der Waals surface area contributed by atoms with Crippen LogP contribution in [0.15, 0.2) is 48.5 Å². The SMILES string of the molecule is N#CC1(c2ccccc2)CCc2[nH]c3ccc(Cl)cc3c2C1. The predicted octanol–water partition coefficient (Wildman–Crippen LogP) is 4.77. The Balaban J connectivity index is 1.88. The van der Waals surface area contributed by atoms with Crippen molar-refractivity contribution >= 4 is 22.5 Å². The van der Waals surface area contributed by atoms with Crippen molar-refractivity contribution in [2.24, 2.45) is 0 Å². The van der Waals surface area contributed by atoms with Crippen molar-refractivity contribution in [2.75, 3.05) is 0 Å². The minimum Gasteiger partial charge on any atom is -0.358 e. The van der Waals surface area contributed by atoms with Crippen LogP contribution in [0.5, 0.6) is 0 Å². The van der Waals surface area contributed by atoms with Crippen LogP contribution < -0.4 is 0 Å². The summed E-state index contributed by atoms with van der Waals surface area (Å²) in [6.07, 6.45) is 2.48. The summed E-state index contributed by atoms with van der Waals surface area (Å²) in [5.41, 5.74) is 4.27. The van der Waals surface area contributed by atoms with Crippen LogP contribution in [0.1, 0.15) is 23.2 Å². The highest BCUT2D eigenvalue weighted by molar-refractivity contribution is 6.31. The molecule has 0 aliphatic heterocycles. The van der Waals surface area contributed by atoms with E-state index in [1.807, 2.05) is 36.4 Å². The molecule has 1 aromatic heterocycles. The zero-order valence-corrected chi connectivity index (χ0v) is 12.8. The van der Waals surface area contributed by atoms with E-state index in [4.69, 9.17) is 11.6 Å². The first-order valence-electron chi connectivity index (χ1n) is 7.48. The van der Waals surface area contributed by atoms with Crippen molar-refractivity contribution in [3.05, 3.63) is 70.4 Å². The van der Waals surface area contributed by atoms with E-state index in [0.29, 0.717) is 0 Å². The zero-order valence-electron chi connectivity index (χ0n) is 12.1. The lowest BCUT2D eigenvalue weighted by molar-refractivity contribution is 0.471. The van der Waals surface area contributed by atoms with Gasteiger partial charge in [-0.2, -0.15) is 5.26 Å². The van der Waals surface area contributed by atoms with Crippen molar-refractivity contribution in [1.82, 2.24) is 4.98 Å². The molecule has 3 heteroatoms. The van der Waals surface area contributed by atoms with E-state index < -0.39 is 5.41 Å². The number of rotatable bonds is 1. The fourth-order valence-corrected chi connectivity index (χ4v) is 3.76. The van der Waals surface area contributed by atoms with Crippen molar-refractivity contribution in [3.63, 3.8) is 0 Å². The molecule has 0 saturated carbocycles. The Morgan fingerprint density at radius 2 is 1.95 bits per heavy atom. The maximum absolute atomic E-state index is 9.90. The first-order chi connectivity index (χ1) is 10.7. The number of fused-ring (bicyclic) bond motifs is 3. The molecule has 0 saturated heterocycles. The number of nitrogens with zero attached hydrogens (tertiary/aromatic N) is 1. The van der Waals surface area contributed by atoms with Crippen LogP contribution in [0.25, 0.3) is 10.9 Å². The predicted molar refractivity (Wildman–Crippen MR) is 89.1 cm³/mol. The number of aromatic nitrogens is 1. The van der Waals surface area contributed by atoms with E-state index >= 15 is 0 Å². The van der Waals surface area contributed by atoms with Crippen LogP contribution in [0.3, 0.4) is 0 Å². The van der Waals surface area contributed by atoms with Gasteiger partial charge in [0.15, 0.2) is 0 Å². The van der Waals surface area contributed by atoms with Gasteiger partial charge >= 0.3 is 0 Å². The lowest BCUT2D eigenvalue weighted by Gasteiger charge is -2.31. The summed E-state index contributed by atoms with van der Waals surface area (Å²) in [6, 6.07) is 18.7. The summed E-state index contributed by atoms with van der Waals surface area (Å²) in [5, 5.41) is 11.8. The fourth-order valence-electron chi connectivity index (χ4n) is 3.58. The first-order valence-corrected chi connectivity index (χ1v) is 7.85. The fraction of sp³-hybridized carbons (Fsp3) is 0.211. The molecule has 22 heavy (non-hydrogen) atoms. The Hall–Kier alpha value is -2.24. The molecule has 1 atom stereocenters. The van der Waals surface area contributed by atoms with E-state index in [1.165, 1.54) is 11.3 Å². The van der Waals surface area contributed by atoms with Crippen molar-refractivity contribution in [1.29, 1.82) is 5.26 Å². The van der Waals surface area contributed by atoms with Gasteiger partial charge in [-0.1, -0.05) is 41.9 Å². The second-order valence-corrected chi connectivity index (χ2v) is 6.45. The van der Waals surface area contributed by atoms with Crippen molar-refractivity contribution < 1.29 is 0 Å². The van der Waals surface area contributed by atoms with E-state index in [0.717, 1.165) is 40.8 Å². The number of H-pyrrole nitrogens is 1. The summed E-state index contributed by atoms with van der Waals surface area (Å²) in [7, 11) is 0. The van der Waals surface area contributed by atoms with Gasteiger partial charge in [0.05, 0.1) is 11.5 Å². The normalized spacial score (nSPS) is 20.5. The van der Waals surface area contributed by atoms with Crippen LogP contribution in [-0.2, 0) is 18.3 Å². The Labute approximate surface area is 134 Å². The van der Waals surface area contributed by atoms with Gasteiger partial charge in [-0.15, -0.1) is 0 Å². The largest absolute Gasteiger partial charge is 0.358 e. The van der Waals surface area contributed by atoms with Gasteiger partial charge < -0.3 is 4.98 Å². The quantitative estimate of drug-likeness (QED) is 0.691. The van der Waals surface area contributed by atoms with E-state index in [1.54, 1.807) is 0 Å². The highest BCUT2D eigenvalue weighted by atomic mass is 35.5. The standard InChI is InChI=1S/C19H15ClN2/c20-14-6-7-17-15(10-14)16-11-19(12-21,9-8-18(16)22-17)13-4-2-1-3-5-13/h1-7,10,22H,8-9,11H2. The third kappa shape index (κ3) is 1.94. The third-order valence-electron chi connectivity index (χ3n) is 4.78. The maximum Gasteiger partial charge on any atom is 0.0867 e. The molecular weight excluding hydrogens is 292 g/mol. The smallest absolute Gasteiger partial charge is 0.0867 e. The monoisotopic (exact) mass is 306 g/mol. The number of aryl methyl sites for hydroxylation is 1. The molecule has 1 N–H and O–H groups in total. The molecule has 0 spiro atoms. The molecular formula is C19H15ClN2. The topological polar surface area (TPSA) is 39.6 Å². The van der Waals surface area contributed by atoms with Gasteiger partial charge in [0.2, 0.25) is 0 Å². The molecule has 1 heterocycles. The van der Waals surface area contributed by atoms with Gasteiger partial charge in [-0.05, 0) is 48.6 Å². The Morgan fingerprint density at radius 3 is 2.73 bits per heavy atom. The molecule has 3 aromatic rings. The van der Waals surface area contributed by atoms with Gasteiger partial charge in [-0.3, -0.25) is 0 Å². The summed E-state index contributed by atoms with van der Waals surface area (Å²) in [5.74, 6) is 0. The highest BCUT2D eigenvalue weighted by Crippen LogP contribution is 2.41. The molecule has 0 amide bonds. The molecule has 2 nitrogen and oxygen atoms in total. The summed E-state index contributed by atoms with van der Waals surface area (Å²) < 4.78 is 0. The summed E-state index contributed by atoms with van der Waals surface area (Å²) >= 11 is 6.16. The number of halogens is 1. The van der Waals surface area contributed by atoms with Crippen LogP contribution in [-0.4, -0.2) is 4.98 Å². The van der Waals surface area contributed by atoms with Crippen LogP contribution in [0.2, 0.25) is 5.02 Å². The number of hydrogen-bond donors (Lipinski definition) is 1. The van der Waals surface area contributed by atoms with Crippen LogP contribution in [0, 0.1) is 11.3 Å². The van der Waals surface area contributed by atoms with E-state index in [-0.39, 0.29) is 0 Å². The zero-order chi connectivity index (χ0) is 15.2. The lowest BCUT2D eigenvalue weighted by Crippen LogP contribution is -2.31. The number of aromatic amines is 1. The second-order valence-electron chi connectivity index (χ2n) is 6.01. The van der Waals surface area contributed by atoms with Crippen molar-refractivity contribution in [3.8, 4) is 6.07 Å². The molecule has 1 unspecified atom stereocenters. The second kappa shape index (κ2) is 4.90. The number of hydrogen-bond acceptors (Lipinski definition) is 1. The third-order valence-corrected chi connectivity index (χ3v) is 5.01. The van der Waals surface area contributed by atoms with Gasteiger partial charge in [0.1, 0.15) is 0 Å². The van der Waals surface area contributed by atoms with E-state index in [2.05, 4.69) is 23.2 Å². The maximum atomic E-state index is 9.90. The minimum atomic E-state index is -0.439. The molecule has 1 aliphatic rings.